The molecule has 2 unspecified atom stereocenters. The van der Waals surface area contributed by atoms with E-state index in [9.17, 15) is 20.0 Å². The molecule has 2 atom stereocenters. The van der Waals surface area contributed by atoms with Gasteiger partial charge in [0.05, 0.1) is 26.8 Å². The van der Waals surface area contributed by atoms with Gasteiger partial charge in [0.25, 0.3) is 11.6 Å². The number of rotatable bonds is 3. The predicted octanol–water partition coefficient (Wildman–Crippen LogP) is 2.00. The largest absolute Gasteiger partial charge is 0.391 e. The van der Waals surface area contributed by atoms with E-state index in [1.165, 1.54) is 6.07 Å². The standard InChI is InChI=1S/C12H16N2O4S/c1-7-9(14(17)18)6-11(19-7)12(16)13-8-4-2-3-5-10(8)15/h6,8,10,15H,2-5H2,1H3,(H,13,16). The van der Waals surface area contributed by atoms with Gasteiger partial charge in [0.15, 0.2) is 0 Å². The van der Waals surface area contributed by atoms with E-state index >= 15 is 0 Å². The molecule has 0 aliphatic heterocycles. The number of amides is 1. The van der Waals surface area contributed by atoms with Gasteiger partial charge < -0.3 is 10.4 Å². The molecule has 1 saturated carbocycles. The number of nitro groups is 1. The predicted molar refractivity (Wildman–Crippen MR) is 71.4 cm³/mol. The number of aryl methyl sites for hydroxylation is 1. The molecular weight excluding hydrogens is 268 g/mol. The Labute approximate surface area is 114 Å². The van der Waals surface area contributed by atoms with E-state index in [0.29, 0.717) is 16.2 Å². The van der Waals surface area contributed by atoms with Crippen LogP contribution in [-0.2, 0) is 0 Å². The highest BCUT2D eigenvalue weighted by Gasteiger charge is 2.26. The lowest BCUT2D eigenvalue weighted by Crippen LogP contribution is -2.44. The van der Waals surface area contributed by atoms with Gasteiger partial charge in [0, 0.05) is 6.07 Å². The maximum Gasteiger partial charge on any atom is 0.283 e. The number of thiophene rings is 1. The number of carbonyl (C=O) groups is 1. The summed E-state index contributed by atoms with van der Waals surface area (Å²) < 4.78 is 0. The third kappa shape index (κ3) is 3.10. The van der Waals surface area contributed by atoms with Gasteiger partial charge in [-0.1, -0.05) is 12.8 Å². The first-order chi connectivity index (χ1) is 8.99. The molecule has 1 aromatic heterocycles. The second-order valence-corrected chi connectivity index (χ2v) is 6.00. The smallest absolute Gasteiger partial charge is 0.283 e. The lowest BCUT2D eigenvalue weighted by molar-refractivity contribution is -0.385. The second-order valence-electron chi connectivity index (χ2n) is 4.74. The van der Waals surface area contributed by atoms with Crippen LogP contribution in [-0.4, -0.2) is 28.1 Å². The highest BCUT2D eigenvalue weighted by molar-refractivity contribution is 7.14. The lowest BCUT2D eigenvalue weighted by Gasteiger charge is -2.28. The number of nitrogens with one attached hydrogen (secondary N) is 1. The highest BCUT2D eigenvalue weighted by atomic mass is 32.1. The molecule has 0 bridgehead atoms. The zero-order valence-corrected chi connectivity index (χ0v) is 11.4. The van der Waals surface area contributed by atoms with Crippen molar-refractivity contribution >= 4 is 22.9 Å². The quantitative estimate of drug-likeness (QED) is 0.656. The van der Waals surface area contributed by atoms with Crippen LogP contribution in [0.4, 0.5) is 5.69 Å². The maximum absolute atomic E-state index is 12.0. The number of hydrogen-bond acceptors (Lipinski definition) is 5. The van der Waals surface area contributed by atoms with E-state index < -0.39 is 11.0 Å². The monoisotopic (exact) mass is 284 g/mol. The summed E-state index contributed by atoms with van der Waals surface area (Å²) in [4.78, 5) is 23.1. The number of carbonyl (C=O) groups excluding carboxylic acids is 1. The molecule has 0 aromatic carbocycles. The molecule has 1 aliphatic rings. The summed E-state index contributed by atoms with van der Waals surface area (Å²) in [5.41, 5.74) is -0.0284. The Morgan fingerprint density at radius 2 is 2.21 bits per heavy atom. The van der Waals surface area contributed by atoms with Crippen LogP contribution >= 0.6 is 11.3 Å². The molecule has 1 aromatic rings. The Morgan fingerprint density at radius 3 is 2.79 bits per heavy atom. The third-order valence-corrected chi connectivity index (χ3v) is 4.40. The molecule has 7 heteroatoms. The fraction of sp³-hybridized carbons (Fsp3) is 0.583. The first-order valence-electron chi connectivity index (χ1n) is 6.23. The van der Waals surface area contributed by atoms with Crippen LogP contribution in [0.15, 0.2) is 6.07 Å². The molecule has 6 nitrogen and oxygen atoms in total. The Kier molecular flexibility index (Phi) is 4.16. The van der Waals surface area contributed by atoms with Crippen molar-refractivity contribution < 1.29 is 14.8 Å². The topological polar surface area (TPSA) is 92.5 Å². The Morgan fingerprint density at radius 1 is 1.53 bits per heavy atom. The van der Waals surface area contributed by atoms with Crippen molar-refractivity contribution in [3.8, 4) is 0 Å². The average molecular weight is 284 g/mol. The average Bonchev–Trinajstić information content (AvgIpc) is 2.74. The fourth-order valence-corrected chi connectivity index (χ4v) is 3.17. The first kappa shape index (κ1) is 14.0. The fourth-order valence-electron chi connectivity index (χ4n) is 2.28. The van der Waals surface area contributed by atoms with Crippen molar-refractivity contribution in [2.45, 2.75) is 44.8 Å². The summed E-state index contributed by atoms with van der Waals surface area (Å²) in [6.07, 6.45) is 2.87. The number of aliphatic hydroxyl groups is 1. The van der Waals surface area contributed by atoms with Gasteiger partial charge in [-0.25, -0.2) is 0 Å². The van der Waals surface area contributed by atoms with Gasteiger partial charge >= 0.3 is 0 Å². The molecule has 2 N–H and O–H groups in total. The highest BCUT2D eigenvalue weighted by Crippen LogP contribution is 2.28. The summed E-state index contributed by atoms with van der Waals surface area (Å²) >= 11 is 1.11. The number of aliphatic hydroxyl groups excluding tert-OH is 1. The van der Waals surface area contributed by atoms with Crippen molar-refractivity contribution in [1.29, 1.82) is 0 Å². The van der Waals surface area contributed by atoms with Crippen LogP contribution in [0.3, 0.4) is 0 Å². The molecule has 1 amide bonds. The van der Waals surface area contributed by atoms with Crippen LogP contribution in [0, 0.1) is 17.0 Å². The Hall–Kier alpha value is -1.47. The van der Waals surface area contributed by atoms with E-state index in [0.717, 1.165) is 30.6 Å². The van der Waals surface area contributed by atoms with Crippen LogP contribution < -0.4 is 5.32 Å². The summed E-state index contributed by atoms with van der Waals surface area (Å²) in [6.45, 7) is 1.62. The van der Waals surface area contributed by atoms with E-state index in [4.69, 9.17) is 0 Å². The van der Waals surface area contributed by atoms with E-state index in [2.05, 4.69) is 5.32 Å². The van der Waals surface area contributed by atoms with Crippen molar-refractivity contribution in [1.82, 2.24) is 5.32 Å². The van der Waals surface area contributed by atoms with Crippen molar-refractivity contribution in [3.63, 3.8) is 0 Å². The van der Waals surface area contributed by atoms with Gasteiger partial charge in [0.1, 0.15) is 0 Å². The number of nitrogens with zero attached hydrogens (tertiary/aromatic N) is 1. The van der Waals surface area contributed by atoms with E-state index in [-0.39, 0.29) is 17.6 Å². The van der Waals surface area contributed by atoms with Crippen LogP contribution in [0.25, 0.3) is 0 Å². The molecule has 1 fully saturated rings. The van der Waals surface area contributed by atoms with Crippen molar-refractivity contribution in [2.75, 3.05) is 0 Å². The maximum atomic E-state index is 12.0. The minimum atomic E-state index is -0.520. The zero-order chi connectivity index (χ0) is 14.0. The van der Waals surface area contributed by atoms with Crippen LogP contribution in [0.1, 0.15) is 40.2 Å². The summed E-state index contributed by atoms with van der Waals surface area (Å²) in [5, 5.41) is 23.3. The molecular formula is C12H16N2O4S. The lowest BCUT2D eigenvalue weighted by atomic mass is 9.92. The first-order valence-corrected chi connectivity index (χ1v) is 7.04. The molecule has 0 spiro atoms. The minimum Gasteiger partial charge on any atom is -0.391 e. The van der Waals surface area contributed by atoms with Gasteiger partial charge in [-0.3, -0.25) is 14.9 Å². The minimum absolute atomic E-state index is 0.0284. The second kappa shape index (κ2) is 5.66. The van der Waals surface area contributed by atoms with E-state index in [1.807, 2.05) is 0 Å². The van der Waals surface area contributed by atoms with Crippen molar-refractivity contribution in [3.05, 3.63) is 25.9 Å². The van der Waals surface area contributed by atoms with Gasteiger partial charge in [-0.15, -0.1) is 11.3 Å². The van der Waals surface area contributed by atoms with Gasteiger partial charge in [0.2, 0.25) is 0 Å². The Balaban J connectivity index is 2.07. The summed E-state index contributed by atoms with van der Waals surface area (Å²) in [6, 6.07) is 1.05. The molecule has 1 heterocycles. The van der Waals surface area contributed by atoms with Gasteiger partial charge in [-0.2, -0.15) is 0 Å². The molecule has 1 aliphatic carbocycles. The molecule has 104 valence electrons. The van der Waals surface area contributed by atoms with Crippen LogP contribution in [0.5, 0.6) is 0 Å². The van der Waals surface area contributed by atoms with E-state index in [1.54, 1.807) is 6.92 Å². The SMILES string of the molecule is Cc1sc(C(=O)NC2CCCCC2O)cc1[N+](=O)[O-]. The Bertz CT molecular complexity index is 500. The molecule has 0 radical (unpaired) electrons. The van der Waals surface area contributed by atoms with Crippen LogP contribution in [0.2, 0.25) is 0 Å². The zero-order valence-electron chi connectivity index (χ0n) is 10.6. The normalized spacial score (nSPS) is 23.1. The summed E-state index contributed by atoms with van der Waals surface area (Å²) in [5.74, 6) is -0.341. The molecule has 2 rings (SSSR count). The third-order valence-electron chi connectivity index (χ3n) is 3.36. The van der Waals surface area contributed by atoms with Crippen molar-refractivity contribution in [2.24, 2.45) is 0 Å². The molecule has 0 saturated heterocycles. The summed E-state index contributed by atoms with van der Waals surface area (Å²) in [7, 11) is 0. The molecule has 19 heavy (non-hydrogen) atoms. The number of hydrogen-bond donors (Lipinski definition) is 2. The van der Waals surface area contributed by atoms with Gasteiger partial charge in [-0.05, 0) is 19.8 Å².